The van der Waals surface area contributed by atoms with E-state index in [0.29, 0.717) is 21.5 Å². The summed E-state index contributed by atoms with van der Waals surface area (Å²) in [5.74, 6) is -0.821. The molecule has 0 saturated carbocycles. The summed E-state index contributed by atoms with van der Waals surface area (Å²) >= 11 is 2.55. The van der Waals surface area contributed by atoms with Crippen molar-refractivity contribution in [2.45, 2.75) is 22.8 Å². The molecule has 10 heteroatoms. The van der Waals surface area contributed by atoms with Crippen molar-refractivity contribution in [2.75, 3.05) is 5.73 Å². The molecule has 1 aromatic carbocycles. The number of anilines is 1. The number of aryl methyl sites for hydroxylation is 1. The number of carbonyl (C=O) groups is 1. The number of hydrogen-bond donors (Lipinski definition) is 3. The number of hydrogen-bond acceptors (Lipinski definition) is 8. The third-order valence-corrected chi connectivity index (χ3v) is 5.38. The molecule has 0 spiro atoms. The number of nitrogen functional groups attached to an aromatic ring is 1. The first kappa shape index (κ1) is 15.1. The molecule has 114 valence electrons. The van der Waals surface area contributed by atoms with Crippen LogP contribution < -0.4 is 10.4 Å². The van der Waals surface area contributed by atoms with Crippen molar-refractivity contribution in [1.82, 2.24) is 10.2 Å². The highest BCUT2D eigenvalue weighted by Gasteiger charge is 2.38. The number of thioether (sulfide) groups is 1. The van der Waals surface area contributed by atoms with Crippen LogP contribution >= 0.6 is 23.1 Å². The van der Waals surface area contributed by atoms with Crippen LogP contribution in [-0.4, -0.2) is 38.6 Å². The minimum absolute atomic E-state index is 0.0974. The molecule has 0 amide bonds. The van der Waals surface area contributed by atoms with Crippen molar-refractivity contribution in [2.24, 2.45) is 0 Å². The highest BCUT2D eigenvalue weighted by atomic mass is 32.2. The number of nitrogens with zero attached hydrogens (tertiary/aromatic N) is 2. The number of carboxylic acids is 1. The van der Waals surface area contributed by atoms with Gasteiger partial charge in [-0.15, -0.1) is 10.2 Å². The van der Waals surface area contributed by atoms with Gasteiger partial charge < -0.3 is 20.5 Å². The molecule has 7 nitrogen and oxygen atoms in total. The Morgan fingerprint density at radius 3 is 2.95 bits per heavy atom. The van der Waals surface area contributed by atoms with Gasteiger partial charge in [-0.3, -0.25) is 0 Å². The molecule has 0 aliphatic carbocycles. The van der Waals surface area contributed by atoms with Crippen LogP contribution in [0.25, 0.3) is 0 Å². The maximum atomic E-state index is 11.4. The summed E-state index contributed by atoms with van der Waals surface area (Å²) in [5.41, 5.74) is 6.99. The molecule has 0 fully saturated rings. The normalized spacial score (nSPS) is 17.0. The second kappa shape index (κ2) is 5.78. The number of fused-ring (bicyclic) bond motifs is 1. The fraction of sp³-hybridized carbons (Fsp3) is 0.250. The molecule has 1 aliphatic rings. The van der Waals surface area contributed by atoms with E-state index in [2.05, 4.69) is 10.2 Å². The van der Waals surface area contributed by atoms with Crippen LogP contribution in [0.4, 0.5) is 5.13 Å². The summed E-state index contributed by atoms with van der Waals surface area (Å²) in [4.78, 5) is 11.4. The number of nitrogens with two attached hydrogens (primary N) is 1. The average Bonchev–Trinajstić information content (AvgIpc) is 2.85. The second-order valence-corrected chi connectivity index (χ2v) is 7.32. The second-order valence-electron chi connectivity index (χ2n) is 4.83. The largest absolute Gasteiger partial charge is 0.537 e. The van der Waals surface area contributed by atoms with E-state index in [1.165, 1.54) is 23.1 Å². The van der Waals surface area contributed by atoms with Gasteiger partial charge in [-0.25, -0.2) is 4.79 Å². The van der Waals surface area contributed by atoms with E-state index in [4.69, 9.17) is 10.4 Å². The molecule has 1 aromatic heterocycles. The first-order chi connectivity index (χ1) is 10.5. The van der Waals surface area contributed by atoms with Crippen molar-refractivity contribution in [3.63, 3.8) is 0 Å². The van der Waals surface area contributed by atoms with E-state index in [1.54, 1.807) is 13.0 Å². The van der Waals surface area contributed by atoms with E-state index in [9.17, 15) is 14.9 Å². The van der Waals surface area contributed by atoms with Crippen LogP contribution in [0.5, 0.6) is 5.75 Å². The molecule has 0 bridgehead atoms. The molecule has 22 heavy (non-hydrogen) atoms. The highest BCUT2D eigenvalue weighted by molar-refractivity contribution is 8.02. The quantitative estimate of drug-likeness (QED) is 0.716. The number of rotatable bonds is 3. The zero-order valence-electron chi connectivity index (χ0n) is 11.5. The standard InChI is InChI=1S/C12H12BN3O4S2/c1-5-2-3-6-4-7(21-12-16-15-11(14)22-12)13(19)20-9(6)8(5)10(17)18/h2-3,7,19H,4H2,1H3,(H2,14,15)(H,17,18)/t7-/m0/s1. The Morgan fingerprint density at radius 2 is 2.32 bits per heavy atom. The Kier molecular flexibility index (Phi) is 3.98. The van der Waals surface area contributed by atoms with Gasteiger partial charge in [-0.1, -0.05) is 35.2 Å². The van der Waals surface area contributed by atoms with Gasteiger partial charge in [-0.2, -0.15) is 0 Å². The van der Waals surface area contributed by atoms with E-state index < -0.39 is 13.1 Å². The lowest BCUT2D eigenvalue weighted by molar-refractivity contribution is 0.0693. The molecule has 0 saturated heterocycles. The van der Waals surface area contributed by atoms with Crippen LogP contribution in [0.1, 0.15) is 21.5 Å². The minimum Gasteiger partial charge on any atom is -0.535 e. The topological polar surface area (TPSA) is 119 Å². The first-order valence-corrected chi connectivity index (χ1v) is 8.11. The van der Waals surface area contributed by atoms with Crippen LogP contribution in [0, 0.1) is 6.92 Å². The van der Waals surface area contributed by atoms with E-state index in [-0.39, 0.29) is 16.5 Å². The molecule has 1 aliphatic heterocycles. The Bertz CT molecular complexity index is 739. The fourth-order valence-corrected chi connectivity index (χ4v) is 4.24. The van der Waals surface area contributed by atoms with Crippen molar-refractivity contribution in [3.05, 3.63) is 28.8 Å². The van der Waals surface area contributed by atoms with Gasteiger partial charge in [0.05, 0.1) is 5.15 Å². The number of aromatic nitrogens is 2. The first-order valence-electron chi connectivity index (χ1n) is 6.42. The summed E-state index contributed by atoms with van der Waals surface area (Å²) < 4.78 is 6.11. The Morgan fingerprint density at radius 1 is 1.55 bits per heavy atom. The minimum atomic E-state index is -1.12. The predicted octanol–water partition coefficient (Wildman–Crippen LogP) is 1.24. The Hall–Kier alpha value is -1.78. The molecule has 0 unspecified atom stereocenters. The molecule has 1 atom stereocenters. The van der Waals surface area contributed by atoms with Crippen molar-refractivity contribution in [3.8, 4) is 5.75 Å². The zero-order valence-corrected chi connectivity index (χ0v) is 13.1. The van der Waals surface area contributed by atoms with Gasteiger partial charge >= 0.3 is 13.1 Å². The molecule has 4 N–H and O–H groups in total. The summed E-state index contributed by atoms with van der Waals surface area (Å²) in [7, 11) is -1.12. The van der Waals surface area contributed by atoms with Crippen molar-refractivity contribution in [1.29, 1.82) is 0 Å². The summed E-state index contributed by atoms with van der Waals surface area (Å²) in [5, 5.41) is 27.2. The zero-order chi connectivity index (χ0) is 15.9. The van der Waals surface area contributed by atoms with Gasteiger partial charge in [-0.05, 0) is 24.5 Å². The smallest absolute Gasteiger partial charge is 0.535 e. The molecule has 0 radical (unpaired) electrons. The molecular formula is C12H12BN3O4S2. The van der Waals surface area contributed by atoms with Crippen molar-refractivity contribution >= 4 is 41.3 Å². The average molecular weight is 337 g/mol. The van der Waals surface area contributed by atoms with E-state index >= 15 is 0 Å². The SMILES string of the molecule is Cc1ccc2c(c1C(=O)O)OB(O)[C@@H](Sc1nnc(N)s1)C2. The lowest BCUT2D eigenvalue weighted by atomic mass is 9.77. The maximum absolute atomic E-state index is 11.4. The van der Waals surface area contributed by atoms with Crippen LogP contribution in [0.2, 0.25) is 0 Å². The Balaban J connectivity index is 1.89. The lowest BCUT2D eigenvalue weighted by Gasteiger charge is -2.27. The number of aromatic carboxylic acids is 1. The van der Waals surface area contributed by atoms with Gasteiger partial charge in [0.2, 0.25) is 5.13 Å². The van der Waals surface area contributed by atoms with E-state index in [1.807, 2.05) is 6.07 Å². The fourth-order valence-electron chi connectivity index (χ4n) is 2.30. The predicted molar refractivity (Wildman–Crippen MR) is 84.4 cm³/mol. The monoisotopic (exact) mass is 337 g/mol. The third-order valence-electron chi connectivity index (χ3n) is 3.31. The summed E-state index contributed by atoms with van der Waals surface area (Å²) in [6, 6.07) is 3.57. The lowest BCUT2D eigenvalue weighted by Crippen LogP contribution is -2.40. The molecule has 2 aromatic rings. The van der Waals surface area contributed by atoms with Gasteiger partial charge in [0.25, 0.3) is 0 Å². The number of benzene rings is 1. The Labute approximate surface area is 134 Å². The molecular weight excluding hydrogens is 325 g/mol. The van der Waals surface area contributed by atoms with Crippen LogP contribution in [0.3, 0.4) is 0 Å². The van der Waals surface area contributed by atoms with Gasteiger partial charge in [0.15, 0.2) is 4.34 Å². The van der Waals surface area contributed by atoms with Gasteiger partial charge in [0.1, 0.15) is 11.3 Å². The van der Waals surface area contributed by atoms with Gasteiger partial charge in [0, 0.05) is 0 Å². The number of carboxylic acid groups (broad SMARTS) is 1. The van der Waals surface area contributed by atoms with Crippen LogP contribution in [0.15, 0.2) is 16.5 Å². The van der Waals surface area contributed by atoms with E-state index in [0.717, 1.165) is 5.56 Å². The van der Waals surface area contributed by atoms with Crippen LogP contribution in [-0.2, 0) is 6.42 Å². The maximum Gasteiger partial charge on any atom is 0.537 e. The molecule has 3 rings (SSSR count). The summed E-state index contributed by atoms with van der Waals surface area (Å²) in [6.45, 7) is 1.70. The third kappa shape index (κ3) is 2.76. The van der Waals surface area contributed by atoms with Crippen molar-refractivity contribution < 1.29 is 19.6 Å². The summed E-state index contributed by atoms with van der Waals surface area (Å²) in [6.07, 6.45) is 0.473. The molecule has 2 heterocycles. The highest BCUT2D eigenvalue weighted by Crippen LogP contribution is 2.38.